The van der Waals surface area contributed by atoms with E-state index in [-0.39, 0.29) is 0 Å². The van der Waals surface area contributed by atoms with Gasteiger partial charge in [-0.25, -0.2) is 10.8 Å². The van der Waals surface area contributed by atoms with Crippen LogP contribution in [-0.2, 0) is 12.8 Å². The number of aryl methyl sites for hydroxylation is 3. The average Bonchev–Trinajstić information content (AvgIpc) is 2.59. The summed E-state index contributed by atoms with van der Waals surface area (Å²) in [4.78, 5) is 7.93. The molecule has 5 heteroatoms. The van der Waals surface area contributed by atoms with E-state index < -0.39 is 0 Å². The molecule has 0 heterocycles. The molecule has 0 aromatic heterocycles. The molecular weight excluding hydrogens is 310 g/mol. The molecule has 2 aromatic carbocycles. The van der Waals surface area contributed by atoms with Crippen molar-refractivity contribution < 1.29 is 0 Å². The maximum Gasteiger partial charge on any atom is 0.132 e. The molecule has 0 atom stereocenters. The largest absolute Gasteiger partial charge is 0.383 e. The second kappa shape index (κ2) is 8.44. The third-order valence-electron chi connectivity index (χ3n) is 4.36. The van der Waals surface area contributed by atoms with Crippen LogP contribution in [0.3, 0.4) is 0 Å². The van der Waals surface area contributed by atoms with Gasteiger partial charge in [0.15, 0.2) is 0 Å². The summed E-state index contributed by atoms with van der Waals surface area (Å²) in [6, 6.07) is 12.4. The highest BCUT2D eigenvalue weighted by atomic mass is 15.4. The zero-order valence-corrected chi connectivity index (χ0v) is 15.5. The highest BCUT2D eigenvalue weighted by Gasteiger charge is 2.09. The minimum absolute atomic E-state index is 0.478. The second-order valence-corrected chi connectivity index (χ2v) is 6.21. The van der Waals surface area contributed by atoms with Gasteiger partial charge < -0.3 is 10.7 Å². The monoisotopic (exact) mass is 337 g/mol. The number of anilines is 1. The standard InChI is InChI=1S/C20H27N5/c1-14-6-5-7-19(25(4)22)18(14)11-10-16-8-9-17(12-15(16)2)20(21)24-13-23-3/h5-9,12-13H,10-11,22H2,1-4H3,(H2,21,23,24). The van der Waals surface area contributed by atoms with Crippen LogP contribution in [0.5, 0.6) is 0 Å². The Morgan fingerprint density at radius 2 is 1.88 bits per heavy atom. The summed E-state index contributed by atoms with van der Waals surface area (Å²) in [7, 11) is 3.55. The predicted octanol–water partition coefficient (Wildman–Crippen LogP) is 2.76. The summed E-state index contributed by atoms with van der Waals surface area (Å²) >= 11 is 0. The molecule has 0 radical (unpaired) electrons. The fraction of sp³-hybridized carbons (Fsp3) is 0.300. The molecule has 25 heavy (non-hydrogen) atoms. The van der Waals surface area contributed by atoms with Gasteiger partial charge in [-0.2, -0.15) is 0 Å². The number of rotatable bonds is 6. The summed E-state index contributed by atoms with van der Waals surface area (Å²) in [6.45, 7) is 4.23. The number of hydrogen-bond donors (Lipinski definition) is 2. The second-order valence-electron chi connectivity index (χ2n) is 6.21. The van der Waals surface area contributed by atoms with E-state index in [0.717, 1.165) is 24.1 Å². The fourth-order valence-corrected chi connectivity index (χ4v) is 2.93. The van der Waals surface area contributed by atoms with Gasteiger partial charge in [-0.3, -0.25) is 4.99 Å². The first-order valence-electron chi connectivity index (χ1n) is 8.34. The lowest BCUT2D eigenvalue weighted by atomic mass is 9.95. The van der Waals surface area contributed by atoms with Crippen molar-refractivity contribution in [3.05, 3.63) is 64.2 Å². The molecule has 5 nitrogen and oxygen atoms in total. The maximum atomic E-state index is 5.98. The summed E-state index contributed by atoms with van der Waals surface area (Å²) in [5, 5.41) is 1.69. The lowest BCUT2D eigenvalue weighted by molar-refractivity contribution is 0.912. The first-order chi connectivity index (χ1) is 11.9. The smallest absolute Gasteiger partial charge is 0.132 e. The number of nitrogens with two attached hydrogens (primary N) is 2. The Morgan fingerprint density at radius 3 is 2.52 bits per heavy atom. The van der Waals surface area contributed by atoms with Gasteiger partial charge in [0.05, 0.1) is 5.69 Å². The van der Waals surface area contributed by atoms with Crippen LogP contribution in [0.15, 0.2) is 46.4 Å². The molecular formula is C20H27N5. The minimum Gasteiger partial charge on any atom is -0.383 e. The Labute approximate surface area is 150 Å². The van der Waals surface area contributed by atoms with E-state index in [1.165, 1.54) is 28.6 Å². The molecule has 0 aliphatic heterocycles. The van der Waals surface area contributed by atoms with Crippen molar-refractivity contribution in [3.8, 4) is 0 Å². The van der Waals surface area contributed by atoms with Crippen molar-refractivity contribution in [2.45, 2.75) is 26.7 Å². The third-order valence-corrected chi connectivity index (χ3v) is 4.36. The molecule has 0 unspecified atom stereocenters. The van der Waals surface area contributed by atoms with Gasteiger partial charge in [-0.05, 0) is 61.1 Å². The zero-order valence-electron chi connectivity index (χ0n) is 15.5. The van der Waals surface area contributed by atoms with Gasteiger partial charge in [-0.1, -0.05) is 24.3 Å². The van der Waals surface area contributed by atoms with Crippen LogP contribution in [-0.4, -0.2) is 26.3 Å². The van der Waals surface area contributed by atoms with Gasteiger partial charge in [0.1, 0.15) is 12.2 Å². The normalized spacial score (nSPS) is 12.0. The third kappa shape index (κ3) is 4.67. The number of amidine groups is 1. The average molecular weight is 337 g/mol. The topological polar surface area (TPSA) is 80.0 Å². The predicted molar refractivity (Wildman–Crippen MR) is 107 cm³/mol. The van der Waals surface area contributed by atoms with Crippen molar-refractivity contribution in [3.63, 3.8) is 0 Å². The van der Waals surface area contributed by atoms with Gasteiger partial charge >= 0.3 is 0 Å². The molecule has 2 rings (SSSR count). The number of benzene rings is 2. The Hall–Kier alpha value is -2.66. The molecule has 0 saturated heterocycles. The van der Waals surface area contributed by atoms with E-state index in [2.05, 4.69) is 48.1 Å². The summed E-state index contributed by atoms with van der Waals surface area (Å²) in [5.41, 5.74) is 13.0. The van der Waals surface area contributed by atoms with Gasteiger partial charge in [0.2, 0.25) is 0 Å². The van der Waals surface area contributed by atoms with E-state index >= 15 is 0 Å². The van der Waals surface area contributed by atoms with E-state index in [1.807, 2.05) is 19.2 Å². The van der Waals surface area contributed by atoms with E-state index in [1.54, 1.807) is 12.1 Å². The molecule has 0 saturated carbocycles. The molecule has 2 aromatic rings. The number of aliphatic imine (C=N–C) groups is 2. The van der Waals surface area contributed by atoms with Crippen LogP contribution in [0.2, 0.25) is 0 Å². The Balaban J connectivity index is 2.20. The Morgan fingerprint density at radius 1 is 1.12 bits per heavy atom. The summed E-state index contributed by atoms with van der Waals surface area (Å²) in [5.74, 6) is 6.45. The van der Waals surface area contributed by atoms with Crippen LogP contribution >= 0.6 is 0 Å². The number of hydrazine groups is 1. The molecule has 0 amide bonds. The minimum atomic E-state index is 0.478. The molecule has 132 valence electrons. The van der Waals surface area contributed by atoms with Gasteiger partial charge in [0, 0.05) is 19.7 Å². The van der Waals surface area contributed by atoms with E-state index in [0.29, 0.717) is 5.84 Å². The Kier molecular flexibility index (Phi) is 6.31. The molecule has 0 bridgehead atoms. The lowest BCUT2D eigenvalue weighted by Crippen LogP contribution is -2.26. The van der Waals surface area contributed by atoms with E-state index in [9.17, 15) is 0 Å². The number of hydrogen-bond acceptors (Lipinski definition) is 3. The van der Waals surface area contributed by atoms with Gasteiger partial charge in [-0.15, -0.1) is 0 Å². The first-order valence-corrected chi connectivity index (χ1v) is 8.34. The summed E-state index contributed by atoms with van der Waals surface area (Å²) in [6.07, 6.45) is 3.35. The molecule has 4 N–H and O–H groups in total. The van der Waals surface area contributed by atoms with Crippen molar-refractivity contribution >= 4 is 17.9 Å². The van der Waals surface area contributed by atoms with Crippen LogP contribution in [0.1, 0.15) is 27.8 Å². The van der Waals surface area contributed by atoms with Crippen LogP contribution in [0.4, 0.5) is 5.69 Å². The van der Waals surface area contributed by atoms with Crippen molar-refractivity contribution in [2.75, 3.05) is 19.1 Å². The van der Waals surface area contributed by atoms with Gasteiger partial charge in [0.25, 0.3) is 0 Å². The van der Waals surface area contributed by atoms with E-state index in [4.69, 9.17) is 11.6 Å². The highest BCUT2D eigenvalue weighted by Crippen LogP contribution is 2.24. The lowest BCUT2D eigenvalue weighted by Gasteiger charge is -2.19. The molecule has 0 aliphatic rings. The summed E-state index contributed by atoms with van der Waals surface area (Å²) < 4.78 is 0. The van der Waals surface area contributed by atoms with Crippen molar-refractivity contribution in [1.29, 1.82) is 0 Å². The zero-order chi connectivity index (χ0) is 18.4. The quantitative estimate of drug-likeness (QED) is 0.368. The maximum absolute atomic E-state index is 5.98. The molecule has 0 fully saturated rings. The Bertz CT molecular complexity index is 791. The van der Waals surface area contributed by atoms with Crippen LogP contribution in [0.25, 0.3) is 0 Å². The fourth-order valence-electron chi connectivity index (χ4n) is 2.93. The first kappa shape index (κ1) is 18.7. The van der Waals surface area contributed by atoms with Crippen molar-refractivity contribution in [1.82, 2.24) is 0 Å². The van der Waals surface area contributed by atoms with Crippen molar-refractivity contribution in [2.24, 2.45) is 21.6 Å². The number of nitrogens with zero attached hydrogens (tertiary/aromatic N) is 3. The van der Waals surface area contributed by atoms with Crippen LogP contribution in [0, 0.1) is 13.8 Å². The molecule has 0 aliphatic carbocycles. The highest BCUT2D eigenvalue weighted by molar-refractivity contribution is 6.01. The van der Waals surface area contributed by atoms with Crippen LogP contribution < -0.4 is 16.6 Å². The SMILES string of the molecule is CN=CN=C(N)c1ccc(CCc2c(C)cccc2N(C)N)c(C)c1. The molecule has 0 spiro atoms.